The van der Waals surface area contributed by atoms with E-state index in [1.165, 1.54) is 6.92 Å². The molecule has 0 atom stereocenters. The molecule has 0 N–H and O–H groups in total. The van der Waals surface area contributed by atoms with Crippen molar-refractivity contribution in [1.82, 2.24) is 0 Å². The van der Waals surface area contributed by atoms with Gasteiger partial charge >= 0.3 is 35.5 Å². The standard InChI is InChI=1S/C7H9F7O.C6H7F7O/c1-2-15-4-6(11,12)7(13,14)5(9,10)3-8;1-14-3-5(10,11)6(12,13)4(8,9)2-7/h2-4H2,1H3;2-3H2,1H3. The molecule has 0 saturated carbocycles. The molecule has 0 amide bonds. The van der Waals surface area contributed by atoms with Crippen LogP contribution in [-0.2, 0) is 9.47 Å². The molecule has 0 saturated heterocycles. The number of rotatable bonds is 11. The minimum atomic E-state index is -5.77. The van der Waals surface area contributed by atoms with Crippen molar-refractivity contribution in [3.63, 3.8) is 0 Å². The Kier molecular flexibility index (Phi) is 10.7. The highest BCUT2D eigenvalue weighted by Gasteiger charge is 2.72. The van der Waals surface area contributed by atoms with Crippen LogP contribution in [0, 0.1) is 0 Å². The van der Waals surface area contributed by atoms with Gasteiger partial charge in [-0.2, -0.15) is 52.7 Å². The number of methoxy groups -OCH3 is 1. The second-order valence-electron chi connectivity index (χ2n) is 5.30. The zero-order chi connectivity index (χ0) is 23.9. The molecule has 0 fully saturated rings. The van der Waals surface area contributed by atoms with Gasteiger partial charge in [0.05, 0.1) is 0 Å². The maximum atomic E-state index is 12.5. The highest BCUT2D eigenvalue weighted by atomic mass is 19.4. The summed E-state index contributed by atoms with van der Waals surface area (Å²) in [4.78, 5) is 0. The Morgan fingerprint density at radius 2 is 0.862 bits per heavy atom. The summed E-state index contributed by atoms with van der Waals surface area (Å²) in [7, 11) is 0.636. The SMILES string of the molecule is CCOCC(F)(F)C(F)(F)C(F)(F)CF.COCC(F)(F)C(F)(F)C(F)(F)CF. The van der Waals surface area contributed by atoms with Gasteiger partial charge in [-0.05, 0) is 6.92 Å². The van der Waals surface area contributed by atoms with Crippen molar-refractivity contribution in [3.05, 3.63) is 0 Å². The average Bonchev–Trinajstić information content (AvgIpc) is 2.59. The number of halogens is 14. The zero-order valence-corrected chi connectivity index (χ0v) is 14.6. The molecular weight excluding hydrogens is 454 g/mol. The average molecular weight is 470 g/mol. The van der Waals surface area contributed by atoms with Crippen molar-refractivity contribution < 1.29 is 70.9 Å². The monoisotopic (exact) mass is 470 g/mol. The molecule has 0 aromatic rings. The van der Waals surface area contributed by atoms with Crippen molar-refractivity contribution in [2.24, 2.45) is 0 Å². The predicted octanol–water partition coefficient (Wildman–Crippen LogP) is 5.41. The molecule has 0 radical (unpaired) electrons. The summed E-state index contributed by atoms with van der Waals surface area (Å²) in [6.07, 6.45) is 0. The summed E-state index contributed by atoms with van der Waals surface area (Å²) < 4.78 is 179. The van der Waals surface area contributed by atoms with E-state index in [1.807, 2.05) is 0 Å². The van der Waals surface area contributed by atoms with E-state index in [2.05, 4.69) is 9.47 Å². The van der Waals surface area contributed by atoms with E-state index < -0.39 is 62.1 Å². The first-order chi connectivity index (χ1) is 12.7. The molecule has 0 rings (SSSR count). The molecule has 0 unspecified atom stereocenters. The molecule has 16 heteroatoms. The van der Waals surface area contributed by atoms with E-state index in [1.54, 1.807) is 0 Å². The van der Waals surface area contributed by atoms with Gasteiger partial charge in [-0.25, -0.2) is 8.78 Å². The molecule has 0 aromatic carbocycles. The maximum absolute atomic E-state index is 12.5. The molecule has 0 spiro atoms. The lowest BCUT2D eigenvalue weighted by Crippen LogP contribution is -2.57. The van der Waals surface area contributed by atoms with Crippen molar-refractivity contribution in [2.75, 3.05) is 40.3 Å². The first kappa shape index (κ1) is 30.1. The van der Waals surface area contributed by atoms with Crippen LogP contribution >= 0.6 is 0 Å². The topological polar surface area (TPSA) is 18.5 Å². The van der Waals surface area contributed by atoms with Crippen molar-refractivity contribution in [3.8, 4) is 0 Å². The van der Waals surface area contributed by atoms with E-state index >= 15 is 0 Å². The number of hydrogen-bond acceptors (Lipinski definition) is 2. The Bertz CT molecular complexity index is 480. The molecule has 0 aliphatic heterocycles. The smallest absolute Gasteiger partial charge is 0.377 e. The fourth-order valence-corrected chi connectivity index (χ4v) is 1.30. The Balaban J connectivity index is 0. The summed E-state index contributed by atoms with van der Waals surface area (Å²) in [5, 5.41) is 0. The second-order valence-corrected chi connectivity index (χ2v) is 5.30. The molecular formula is C13H16F14O2. The normalized spacial score (nSPS) is 14.5. The Morgan fingerprint density at radius 1 is 0.552 bits per heavy atom. The van der Waals surface area contributed by atoms with Crippen LogP contribution in [0.15, 0.2) is 0 Å². The molecule has 0 heterocycles. The van der Waals surface area contributed by atoms with E-state index in [-0.39, 0.29) is 6.61 Å². The van der Waals surface area contributed by atoms with Crippen LogP contribution in [0.3, 0.4) is 0 Å². The van der Waals surface area contributed by atoms with E-state index in [0.717, 1.165) is 0 Å². The number of ether oxygens (including phenoxy) is 2. The summed E-state index contributed by atoms with van der Waals surface area (Å²) in [6, 6.07) is 0. The molecule has 178 valence electrons. The fraction of sp³-hybridized carbons (Fsp3) is 1.00. The van der Waals surface area contributed by atoms with Crippen LogP contribution in [0.25, 0.3) is 0 Å². The van der Waals surface area contributed by atoms with Crippen LogP contribution < -0.4 is 0 Å². The third-order valence-electron chi connectivity index (χ3n) is 2.99. The molecule has 0 aromatic heterocycles. The maximum Gasteiger partial charge on any atom is 0.377 e. The van der Waals surface area contributed by atoms with E-state index in [0.29, 0.717) is 7.11 Å². The van der Waals surface area contributed by atoms with Gasteiger partial charge in [-0.15, -0.1) is 0 Å². The number of hydrogen-bond donors (Lipinski definition) is 0. The molecule has 29 heavy (non-hydrogen) atoms. The largest absolute Gasteiger partial charge is 0.378 e. The lowest BCUT2D eigenvalue weighted by molar-refractivity contribution is -0.321. The van der Waals surface area contributed by atoms with Gasteiger partial charge < -0.3 is 9.47 Å². The summed E-state index contributed by atoms with van der Waals surface area (Å²) >= 11 is 0. The lowest BCUT2D eigenvalue weighted by Gasteiger charge is -2.30. The van der Waals surface area contributed by atoms with Crippen molar-refractivity contribution in [2.45, 2.75) is 42.5 Å². The van der Waals surface area contributed by atoms with Crippen molar-refractivity contribution in [1.29, 1.82) is 0 Å². The van der Waals surface area contributed by atoms with E-state index in [9.17, 15) is 61.5 Å². The summed E-state index contributed by atoms with van der Waals surface area (Å²) in [6.45, 7) is -8.63. The first-order valence-electron chi connectivity index (χ1n) is 7.20. The van der Waals surface area contributed by atoms with Gasteiger partial charge in [-0.3, -0.25) is 0 Å². The molecule has 2 nitrogen and oxygen atoms in total. The van der Waals surface area contributed by atoms with Gasteiger partial charge in [0, 0.05) is 13.7 Å². The van der Waals surface area contributed by atoms with Crippen LogP contribution in [0.2, 0.25) is 0 Å². The van der Waals surface area contributed by atoms with Crippen LogP contribution in [0.4, 0.5) is 61.5 Å². The quantitative estimate of drug-likeness (QED) is 0.377. The van der Waals surface area contributed by atoms with Gasteiger partial charge in [0.25, 0.3) is 0 Å². The Hall–Kier alpha value is -1.06. The van der Waals surface area contributed by atoms with Gasteiger partial charge in [0.15, 0.2) is 13.3 Å². The van der Waals surface area contributed by atoms with E-state index in [4.69, 9.17) is 0 Å². The molecule has 0 bridgehead atoms. The zero-order valence-electron chi connectivity index (χ0n) is 14.6. The predicted molar refractivity (Wildman–Crippen MR) is 70.0 cm³/mol. The Morgan fingerprint density at radius 3 is 1.10 bits per heavy atom. The summed E-state index contributed by atoms with van der Waals surface area (Å²) in [5.41, 5.74) is 0. The molecule has 0 aliphatic rings. The highest BCUT2D eigenvalue weighted by molar-refractivity contribution is 4.96. The van der Waals surface area contributed by atoms with Crippen LogP contribution in [0.5, 0.6) is 0 Å². The van der Waals surface area contributed by atoms with Gasteiger partial charge in [0.2, 0.25) is 0 Å². The van der Waals surface area contributed by atoms with Crippen LogP contribution in [0.1, 0.15) is 6.92 Å². The third kappa shape index (κ3) is 6.72. The lowest BCUT2D eigenvalue weighted by atomic mass is 10.1. The fourth-order valence-electron chi connectivity index (χ4n) is 1.30. The minimum absolute atomic E-state index is 0.340. The Labute approximate surface area is 155 Å². The molecule has 0 aliphatic carbocycles. The van der Waals surface area contributed by atoms with Gasteiger partial charge in [-0.1, -0.05) is 0 Å². The minimum Gasteiger partial charge on any atom is -0.378 e. The summed E-state index contributed by atoms with van der Waals surface area (Å²) in [5.74, 6) is -32.6. The third-order valence-corrected chi connectivity index (χ3v) is 2.99. The first-order valence-corrected chi connectivity index (χ1v) is 7.20. The second kappa shape index (κ2) is 10.3. The van der Waals surface area contributed by atoms with Crippen LogP contribution in [-0.4, -0.2) is 75.8 Å². The highest BCUT2D eigenvalue weighted by Crippen LogP contribution is 2.46. The number of alkyl halides is 14. The van der Waals surface area contributed by atoms with Gasteiger partial charge in [0.1, 0.15) is 13.2 Å². The van der Waals surface area contributed by atoms with Crippen molar-refractivity contribution >= 4 is 0 Å².